The van der Waals surface area contributed by atoms with Gasteiger partial charge < -0.3 is 23.8 Å². The van der Waals surface area contributed by atoms with Crippen LogP contribution in [0.2, 0.25) is 0 Å². The molecule has 2 aromatic rings. The van der Waals surface area contributed by atoms with Crippen molar-refractivity contribution in [1.82, 2.24) is 4.90 Å². The predicted molar refractivity (Wildman–Crippen MR) is 129 cm³/mol. The summed E-state index contributed by atoms with van der Waals surface area (Å²) in [5.74, 6) is 1.92. The van der Waals surface area contributed by atoms with Gasteiger partial charge in [0.15, 0.2) is 11.5 Å². The zero-order valence-electron chi connectivity index (χ0n) is 20.6. The summed E-state index contributed by atoms with van der Waals surface area (Å²) in [5, 5.41) is 0. The molecule has 2 atom stereocenters. The Morgan fingerprint density at radius 3 is 2.50 bits per heavy atom. The Balaban J connectivity index is 1.28. The molecule has 0 N–H and O–H groups in total. The lowest BCUT2D eigenvalue weighted by Gasteiger charge is -2.54. The van der Waals surface area contributed by atoms with E-state index < -0.39 is 0 Å². The number of likely N-dealkylation sites (tertiary alicyclic amines) is 1. The molecule has 1 spiro atoms. The molecule has 2 saturated heterocycles. The second kappa shape index (κ2) is 8.90. The SMILES string of the molecule is COCc1ccc(C(=O)N2CCC3(CC2)CO[C@@H]2c4cccc(OC)c4OC(C)(C)[C@H]2C3)cc1. The van der Waals surface area contributed by atoms with Crippen molar-refractivity contribution in [3.63, 3.8) is 0 Å². The quantitative estimate of drug-likeness (QED) is 0.635. The monoisotopic (exact) mass is 465 g/mol. The van der Waals surface area contributed by atoms with Crippen molar-refractivity contribution >= 4 is 5.91 Å². The van der Waals surface area contributed by atoms with Crippen LogP contribution < -0.4 is 9.47 Å². The van der Waals surface area contributed by atoms with E-state index in [1.807, 2.05) is 41.3 Å². The van der Waals surface area contributed by atoms with E-state index in [4.69, 9.17) is 18.9 Å². The number of fused-ring (bicyclic) bond motifs is 3. The number of rotatable bonds is 4. The summed E-state index contributed by atoms with van der Waals surface area (Å²) in [5.41, 5.74) is 2.61. The fourth-order valence-corrected chi connectivity index (χ4v) is 5.92. The summed E-state index contributed by atoms with van der Waals surface area (Å²) in [4.78, 5) is 15.1. The highest BCUT2D eigenvalue weighted by atomic mass is 16.5. The van der Waals surface area contributed by atoms with Crippen molar-refractivity contribution in [2.24, 2.45) is 11.3 Å². The number of carbonyl (C=O) groups is 1. The number of nitrogens with zero attached hydrogens (tertiary/aromatic N) is 1. The van der Waals surface area contributed by atoms with Crippen molar-refractivity contribution in [1.29, 1.82) is 0 Å². The first kappa shape index (κ1) is 23.2. The van der Waals surface area contributed by atoms with Crippen molar-refractivity contribution in [3.05, 3.63) is 59.2 Å². The van der Waals surface area contributed by atoms with Crippen LogP contribution in [-0.2, 0) is 16.1 Å². The summed E-state index contributed by atoms with van der Waals surface area (Å²) < 4.78 is 23.8. The fourth-order valence-electron chi connectivity index (χ4n) is 5.92. The van der Waals surface area contributed by atoms with Crippen LogP contribution in [0.1, 0.15) is 60.7 Å². The molecule has 0 aliphatic carbocycles. The maximum atomic E-state index is 13.1. The van der Waals surface area contributed by atoms with Gasteiger partial charge in [0.05, 0.1) is 26.4 Å². The lowest BCUT2D eigenvalue weighted by molar-refractivity contribution is -0.173. The molecule has 0 saturated carbocycles. The third kappa shape index (κ3) is 4.07. The van der Waals surface area contributed by atoms with E-state index in [2.05, 4.69) is 19.9 Å². The Kier molecular flexibility index (Phi) is 6.07. The Labute approximate surface area is 202 Å². The molecule has 3 heterocycles. The second-order valence-corrected chi connectivity index (χ2v) is 10.5. The second-order valence-electron chi connectivity index (χ2n) is 10.5. The molecule has 2 fully saturated rings. The van der Waals surface area contributed by atoms with Crippen molar-refractivity contribution in [2.45, 2.75) is 51.4 Å². The van der Waals surface area contributed by atoms with E-state index in [9.17, 15) is 4.79 Å². The fraction of sp³-hybridized carbons (Fsp3) is 0.536. The zero-order valence-corrected chi connectivity index (χ0v) is 20.6. The van der Waals surface area contributed by atoms with Crippen molar-refractivity contribution in [3.8, 4) is 11.5 Å². The van der Waals surface area contributed by atoms with Gasteiger partial charge in [-0.15, -0.1) is 0 Å². The Morgan fingerprint density at radius 1 is 1.09 bits per heavy atom. The lowest BCUT2D eigenvalue weighted by Crippen LogP contribution is -2.54. The van der Waals surface area contributed by atoms with Gasteiger partial charge in [0.2, 0.25) is 0 Å². The van der Waals surface area contributed by atoms with Crippen LogP contribution in [0.4, 0.5) is 0 Å². The minimum absolute atomic E-state index is 0.00440. The number of hydrogen-bond acceptors (Lipinski definition) is 5. The standard InChI is InChI=1S/C28H35NO5/c1-27(2)22-16-28(18-33-24(22)21-6-5-7-23(32-4)25(21)34-27)12-14-29(15-13-28)26(30)20-10-8-19(9-11-20)17-31-3/h5-11,22,24H,12-18H2,1-4H3/t22-,24+/m0/s1. The van der Waals surface area contributed by atoms with Crippen LogP contribution in [0.3, 0.4) is 0 Å². The number of para-hydroxylation sites is 1. The summed E-state index contributed by atoms with van der Waals surface area (Å²) in [7, 11) is 3.35. The summed E-state index contributed by atoms with van der Waals surface area (Å²) in [6, 6.07) is 13.8. The molecule has 0 aromatic heterocycles. The number of piperidine rings is 1. The van der Waals surface area contributed by atoms with Gasteiger partial charge in [-0.3, -0.25) is 4.79 Å². The third-order valence-electron chi connectivity index (χ3n) is 8.00. The van der Waals surface area contributed by atoms with Crippen LogP contribution in [-0.4, -0.2) is 50.3 Å². The maximum Gasteiger partial charge on any atom is 0.253 e. The molecule has 6 heteroatoms. The first-order valence-corrected chi connectivity index (χ1v) is 12.2. The van der Waals surface area contributed by atoms with E-state index in [0.717, 1.165) is 60.5 Å². The molecule has 3 aliphatic rings. The van der Waals surface area contributed by atoms with Gasteiger partial charge >= 0.3 is 0 Å². The van der Waals surface area contributed by atoms with Gasteiger partial charge in [0.1, 0.15) is 5.60 Å². The van der Waals surface area contributed by atoms with Gasteiger partial charge in [-0.25, -0.2) is 0 Å². The largest absolute Gasteiger partial charge is 0.493 e. The topological polar surface area (TPSA) is 57.2 Å². The highest BCUT2D eigenvalue weighted by molar-refractivity contribution is 5.94. The number of methoxy groups -OCH3 is 2. The lowest BCUT2D eigenvalue weighted by atomic mass is 9.64. The first-order chi connectivity index (χ1) is 16.4. The van der Waals surface area contributed by atoms with Crippen molar-refractivity contribution < 1.29 is 23.7 Å². The molecular formula is C28H35NO5. The highest BCUT2D eigenvalue weighted by Gasteiger charge is 2.53. The summed E-state index contributed by atoms with van der Waals surface area (Å²) >= 11 is 0. The third-order valence-corrected chi connectivity index (χ3v) is 8.00. The van der Waals surface area contributed by atoms with Gasteiger partial charge in [-0.1, -0.05) is 24.3 Å². The summed E-state index contributed by atoms with van der Waals surface area (Å²) in [6.45, 7) is 7.10. The maximum absolute atomic E-state index is 13.1. The first-order valence-electron chi connectivity index (χ1n) is 12.2. The van der Waals surface area contributed by atoms with Crippen LogP contribution in [0.15, 0.2) is 42.5 Å². The number of benzene rings is 2. The number of amides is 1. The number of carbonyl (C=O) groups excluding carboxylic acids is 1. The molecule has 0 radical (unpaired) electrons. The molecule has 0 bridgehead atoms. The van der Waals surface area contributed by atoms with E-state index in [1.54, 1.807) is 14.2 Å². The van der Waals surface area contributed by atoms with Crippen LogP contribution in [0.5, 0.6) is 11.5 Å². The van der Waals surface area contributed by atoms with Gasteiger partial charge in [-0.2, -0.15) is 0 Å². The Morgan fingerprint density at radius 2 is 1.82 bits per heavy atom. The molecule has 3 aliphatic heterocycles. The average Bonchev–Trinajstić information content (AvgIpc) is 2.84. The molecular weight excluding hydrogens is 430 g/mol. The Hall–Kier alpha value is -2.57. The Bertz CT molecular complexity index is 1040. The molecule has 182 valence electrons. The zero-order chi connectivity index (χ0) is 23.9. The van der Waals surface area contributed by atoms with Gasteiger partial charge in [-0.05, 0) is 62.3 Å². The smallest absolute Gasteiger partial charge is 0.253 e. The van der Waals surface area contributed by atoms with E-state index >= 15 is 0 Å². The van der Waals surface area contributed by atoms with E-state index in [0.29, 0.717) is 13.2 Å². The highest BCUT2D eigenvalue weighted by Crippen LogP contribution is 2.57. The normalized spacial score (nSPS) is 24.6. The number of hydrogen-bond donors (Lipinski definition) is 0. The minimum Gasteiger partial charge on any atom is -0.493 e. The minimum atomic E-state index is -0.364. The summed E-state index contributed by atoms with van der Waals surface area (Å²) in [6.07, 6.45) is 2.94. The molecule has 0 unspecified atom stereocenters. The van der Waals surface area contributed by atoms with Gasteiger partial charge in [0, 0.05) is 37.2 Å². The predicted octanol–water partition coefficient (Wildman–Crippen LogP) is 5.01. The van der Waals surface area contributed by atoms with Crippen LogP contribution >= 0.6 is 0 Å². The van der Waals surface area contributed by atoms with Gasteiger partial charge in [0.25, 0.3) is 5.91 Å². The molecule has 2 aromatic carbocycles. The molecule has 1 amide bonds. The van der Waals surface area contributed by atoms with Crippen LogP contribution in [0, 0.1) is 11.3 Å². The molecule has 6 nitrogen and oxygen atoms in total. The average molecular weight is 466 g/mol. The van der Waals surface area contributed by atoms with Crippen LogP contribution in [0.25, 0.3) is 0 Å². The molecule has 5 rings (SSSR count). The van der Waals surface area contributed by atoms with E-state index in [1.165, 1.54) is 0 Å². The molecule has 34 heavy (non-hydrogen) atoms. The van der Waals surface area contributed by atoms with Crippen molar-refractivity contribution in [2.75, 3.05) is 33.9 Å². The van der Waals surface area contributed by atoms with E-state index in [-0.39, 0.29) is 28.9 Å². The number of ether oxygens (including phenoxy) is 4.